The van der Waals surface area contributed by atoms with Crippen LogP contribution in [0, 0.1) is 24.2 Å². The second kappa shape index (κ2) is 6.39. The molecule has 0 spiro atoms. The Morgan fingerprint density at radius 2 is 2.38 bits per heavy atom. The topological polar surface area (TPSA) is 48.7 Å². The zero-order chi connectivity index (χ0) is 12.0. The molecule has 0 aliphatic rings. The Kier molecular flexibility index (Phi) is 5.13. The van der Waals surface area contributed by atoms with Crippen LogP contribution < -0.4 is 5.32 Å². The van der Waals surface area contributed by atoms with E-state index in [4.69, 9.17) is 5.26 Å². The number of aryl methyl sites for hydroxylation is 1. The largest absolute Gasteiger partial charge is 0.369 e. The third-order valence-electron chi connectivity index (χ3n) is 2.34. The van der Waals surface area contributed by atoms with Crippen LogP contribution >= 0.6 is 11.8 Å². The molecule has 0 bridgehead atoms. The third-order valence-corrected chi connectivity index (χ3v) is 3.24. The SMILES string of the molecule is CSCC(C)CNc1nccc(C)c1C#N. The summed E-state index contributed by atoms with van der Waals surface area (Å²) in [6.45, 7) is 4.97. The van der Waals surface area contributed by atoms with Crippen molar-refractivity contribution in [1.82, 2.24) is 4.98 Å². The predicted molar refractivity (Wildman–Crippen MR) is 69.7 cm³/mol. The van der Waals surface area contributed by atoms with Gasteiger partial charge in [-0.15, -0.1) is 0 Å². The normalized spacial score (nSPS) is 11.9. The lowest BCUT2D eigenvalue weighted by Crippen LogP contribution is -2.15. The first kappa shape index (κ1) is 12.9. The van der Waals surface area contributed by atoms with E-state index in [0.717, 1.165) is 17.9 Å². The maximum Gasteiger partial charge on any atom is 0.144 e. The molecule has 0 radical (unpaired) electrons. The summed E-state index contributed by atoms with van der Waals surface area (Å²) < 4.78 is 0. The summed E-state index contributed by atoms with van der Waals surface area (Å²) in [7, 11) is 0. The van der Waals surface area contributed by atoms with Crippen LogP contribution in [0.5, 0.6) is 0 Å². The first-order chi connectivity index (χ1) is 7.69. The van der Waals surface area contributed by atoms with E-state index < -0.39 is 0 Å². The molecule has 1 aromatic rings. The Morgan fingerprint density at radius 1 is 1.62 bits per heavy atom. The van der Waals surface area contributed by atoms with E-state index in [2.05, 4.69) is 29.5 Å². The number of pyridine rings is 1. The second-order valence-electron chi connectivity index (χ2n) is 3.90. The van der Waals surface area contributed by atoms with E-state index in [9.17, 15) is 0 Å². The molecule has 3 nitrogen and oxygen atoms in total. The molecular weight excluding hydrogens is 218 g/mol. The van der Waals surface area contributed by atoms with Crippen LogP contribution in [0.1, 0.15) is 18.1 Å². The molecule has 1 aromatic heterocycles. The molecule has 1 N–H and O–H groups in total. The lowest BCUT2D eigenvalue weighted by atomic mass is 10.1. The Bertz CT molecular complexity index is 384. The average molecular weight is 235 g/mol. The number of nitriles is 1. The van der Waals surface area contributed by atoms with Gasteiger partial charge in [-0.1, -0.05) is 6.92 Å². The second-order valence-corrected chi connectivity index (χ2v) is 4.82. The Morgan fingerprint density at radius 3 is 3.00 bits per heavy atom. The van der Waals surface area contributed by atoms with Crippen LogP contribution in [0.15, 0.2) is 12.3 Å². The van der Waals surface area contributed by atoms with Gasteiger partial charge in [0.15, 0.2) is 0 Å². The van der Waals surface area contributed by atoms with Crippen molar-refractivity contribution in [2.24, 2.45) is 5.92 Å². The van der Waals surface area contributed by atoms with Crippen molar-refractivity contribution >= 4 is 17.6 Å². The summed E-state index contributed by atoms with van der Waals surface area (Å²) in [5.74, 6) is 2.39. The Balaban J connectivity index is 2.67. The van der Waals surface area contributed by atoms with Gasteiger partial charge in [0.25, 0.3) is 0 Å². The van der Waals surface area contributed by atoms with Crippen molar-refractivity contribution < 1.29 is 0 Å². The highest BCUT2D eigenvalue weighted by molar-refractivity contribution is 7.98. The molecule has 0 saturated carbocycles. The molecule has 0 amide bonds. The van der Waals surface area contributed by atoms with Gasteiger partial charge in [0, 0.05) is 12.7 Å². The fourth-order valence-corrected chi connectivity index (χ4v) is 2.13. The Labute approximate surface area is 101 Å². The minimum Gasteiger partial charge on any atom is -0.369 e. The maximum atomic E-state index is 9.03. The zero-order valence-corrected chi connectivity index (χ0v) is 10.8. The monoisotopic (exact) mass is 235 g/mol. The van der Waals surface area contributed by atoms with Gasteiger partial charge in [-0.05, 0) is 36.5 Å². The van der Waals surface area contributed by atoms with E-state index in [1.165, 1.54) is 0 Å². The number of rotatable bonds is 5. The van der Waals surface area contributed by atoms with Crippen molar-refractivity contribution in [2.45, 2.75) is 13.8 Å². The summed E-state index contributed by atoms with van der Waals surface area (Å²) in [4.78, 5) is 4.20. The minimum atomic E-state index is 0.573. The van der Waals surface area contributed by atoms with Crippen molar-refractivity contribution in [3.63, 3.8) is 0 Å². The number of nitrogens with zero attached hydrogens (tertiary/aromatic N) is 2. The summed E-state index contributed by atoms with van der Waals surface area (Å²) in [5, 5.41) is 12.3. The molecule has 1 heterocycles. The molecule has 1 atom stereocenters. The first-order valence-corrected chi connectivity index (χ1v) is 6.67. The van der Waals surface area contributed by atoms with Crippen LogP contribution in [0.4, 0.5) is 5.82 Å². The van der Waals surface area contributed by atoms with Gasteiger partial charge < -0.3 is 5.32 Å². The van der Waals surface area contributed by atoms with Crippen LogP contribution in [-0.2, 0) is 0 Å². The van der Waals surface area contributed by atoms with Crippen LogP contribution in [0.3, 0.4) is 0 Å². The molecule has 4 heteroatoms. The molecule has 0 aromatic carbocycles. The number of aromatic nitrogens is 1. The summed E-state index contributed by atoms with van der Waals surface area (Å²) in [6.07, 6.45) is 3.83. The lowest BCUT2D eigenvalue weighted by molar-refractivity contribution is 0.699. The molecule has 86 valence electrons. The molecule has 0 saturated heterocycles. The van der Waals surface area contributed by atoms with E-state index >= 15 is 0 Å². The minimum absolute atomic E-state index is 0.573. The van der Waals surface area contributed by atoms with Crippen LogP contribution in [0.25, 0.3) is 0 Å². The smallest absolute Gasteiger partial charge is 0.144 e. The van der Waals surface area contributed by atoms with Gasteiger partial charge in [-0.3, -0.25) is 0 Å². The molecule has 0 aliphatic heterocycles. The Hall–Kier alpha value is -1.21. The van der Waals surface area contributed by atoms with E-state index in [1.807, 2.05) is 24.8 Å². The highest BCUT2D eigenvalue weighted by Gasteiger charge is 2.07. The van der Waals surface area contributed by atoms with E-state index in [0.29, 0.717) is 17.3 Å². The summed E-state index contributed by atoms with van der Waals surface area (Å²) in [6, 6.07) is 4.05. The molecular formula is C12H17N3S. The number of hydrogen-bond donors (Lipinski definition) is 1. The number of anilines is 1. The predicted octanol–water partition coefficient (Wildman–Crippen LogP) is 2.67. The fourth-order valence-electron chi connectivity index (χ4n) is 1.45. The van der Waals surface area contributed by atoms with Crippen LogP contribution in [0.2, 0.25) is 0 Å². The number of nitrogens with one attached hydrogen (secondary N) is 1. The van der Waals surface area contributed by atoms with Gasteiger partial charge in [-0.25, -0.2) is 4.98 Å². The quantitative estimate of drug-likeness (QED) is 0.852. The molecule has 1 unspecified atom stereocenters. The number of thioether (sulfide) groups is 1. The molecule has 0 fully saturated rings. The fraction of sp³-hybridized carbons (Fsp3) is 0.500. The van der Waals surface area contributed by atoms with E-state index in [-0.39, 0.29) is 0 Å². The lowest BCUT2D eigenvalue weighted by Gasteiger charge is -2.13. The van der Waals surface area contributed by atoms with Gasteiger partial charge in [-0.2, -0.15) is 17.0 Å². The molecule has 0 aliphatic carbocycles. The van der Waals surface area contributed by atoms with Gasteiger partial charge in [0.1, 0.15) is 11.9 Å². The van der Waals surface area contributed by atoms with Crippen molar-refractivity contribution in [2.75, 3.05) is 23.9 Å². The highest BCUT2D eigenvalue weighted by Crippen LogP contribution is 2.15. The average Bonchev–Trinajstić information content (AvgIpc) is 2.27. The molecule has 16 heavy (non-hydrogen) atoms. The van der Waals surface area contributed by atoms with Gasteiger partial charge >= 0.3 is 0 Å². The number of hydrogen-bond acceptors (Lipinski definition) is 4. The van der Waals surface area contributed by atoms with Crippen molar-refractivity contribution in [3.05, 3.63) is 23.4 Å². The first-order valence-electron chi connectivity index (χ1n) is 5.27. The van der Waals surface area contributed by atoms with E-state index in [1.54, 1.807) is 6.20 Å². The summed E-state index contributed by atoms with van der Waals surface area (Å²) >= 11 is 1.83. The maximum absolute atomic E-state index is 9.03. The third kappa shape index (κ3) is 3.42. The van der Waals surface area contributed by atoms with Crippen molar-refractivity contribution in [3.8, 4) is 6.07 Å². The van der Waals surface area contributed by atoms with Crippen LogP contribution in [-0.4, -0.2) is 23.5 Å². The van der Waals surface area contributed by atoms with Gasteiger partial charge in [0.2, 0.25) is 0 Å². The summed E-state index contributed by atoms with van der Waals surface area (Å²) in [5.41, 5.74) is 1.62. The standard InChI is InChI=1S/C12H17N3S/c1-9(8-16-3)7-15-12-11(6-13)10(2)4-5-14-12/h4-5,9H,7-8H2,1-3H3,(H,14,15). The van der Waals surface area contributed by atoms with Gasteiger partial charge in [0.05, 0.1) is 5.56 Å². The highest BCUT2D eigenvalue weighted by atomic mass is 32.2. The zero-order valence-electron chi connectivity index (χ0n) is 9.95. The van der Waals surface area contributed by atoms with Crippen molar-refractivity contribution in [1.29, 1.82) is 5.26 Å². The molecule has 1 rings (SSSR count).